The largest absolute Gasteiger partial charge is 0.507 e. The van der Waals surface area contributed by atoms with Gasteiger partial charge in [0.2, 0.25) is 0 Å². The van der Waals surface area contributed by atoms with Gasteiger partial charge < -0.3 is 19.3 Å². The van der Waals surface area contributed by atoms with E-state index >= 15 is 0 Å². The average molecular weight is 427 g/mol. The van der Waals surface area contributed by atoms with Crippen molar-refractivity contribution in [1.29, 1.82) is 0 Å². The van der Waals surface area contributed by atoms with Crippen LogP contribution >= 0.6 is 0 Å². The van der Waals surface area contributed by atoms with Crippen LogP contribution in [0.15, 0.2) is 36.9 Å². The maximum Gasteiger partial charge on any atom is 0.335 e. The highest BCUT2D eigenvalue weighted by atomic mass is 16.5. The van der Waals surface area contributed by atoms with Crippen LogP contribution in [-0.2, 0) is 22.0 Å². The van der Waals surface area contributed by atoms with Gasteiger partial charge in [-0.25, -0.2) is 4.79 Å². The predicted molar refractivity (Wildman–Crippen MR) is 124 cm³/mol. The lowest BCUT2D eigenvalue weighted by molar-refractivity contribution is -0.129. The highest BCUT2D eigenvalue weighted by molar-refractivity contribution is 5.84. The standard InChI is InChI=1S/C26H34O5/c1-10-21(27)31-24-16(11-12-20(30-9)22(24)26(5,6)7)13-17-14-18(29-8)15-19(23(17)28)25(2,3)4/h10-12,14-15,28H,1,13H2,2-9H3. The first-order valence-electron chi connectivity index (χ1n) is 10.3. The molecule has 0 aliphatic carbocycles. The Labute approximate surface area is 185 Å². The highest BCUT2D eigenvalue weighted by Crippen LogP contribution is 2.44. The van der Waals surface area contributed by atoms with Crippen molar-refractivity contribution in [1.82, 2.24) is 0 Å². The number of hydrogen-bond donors (Lipinski definition) is 1. The van der Waals surface area contributed by atoms with Crippen LogP contribution in [0.2, 0.25) is 0 Å². The van der Waals surface area contributed by atoms with E-state index in [9.17, 15) is 9.90 Å². The topological polar surface area (TPSA) is 65.0 Å². The molecule has 0 unspecified atom stereocenters. The summed E-state index contributed by atoms with van der Waals surface area (Å²) in [5.41, 5.74) is 2.37. The van der Waals surface area contributed by atoms with Crippen molar-refractivity contribution in [2.45, 2.75) is 58.8 Å². The van der Waals surface area contributed by atoms with Gasteiger partial charge in [-0.05, 0) is 29.0 Å². The molecule has 0 spiro atoms. The zero-order chi connectivity index (χ0) is 23.6. The minimum absolute atomic E-state index is 0.211. The maximum atomic E-state index is 12.2. The summed E-state index contributed by atoms with van der Waals surface area (Å²) in [4.78, 5) is 12.2. The van der Waals surface area contributed by atoms with E-state index in [-0.39, 0.29) is 16.6 Å². The number of rotatable bonds is 6. The number of ether oxygens (including phenoxy) is 3. The third-order valence-corrected chi connectivity index (χ3v) is 5.13. The Morgan fingerprint density at radius 1 is 1.00 bits per heavy atom. The third-order valence-electron chi connectivity index (χ3n) is 5.13. The molecular weight excluding hydrogens is 392 g/mol. The SMILES string of the molecule is C=CC(=O)Oc1c(Cc2cc(OC)cc(C(C)(C)C)c2O)ccc(OC)c1C(C)(C)C. The first kappa shape index (κ1) is 24.3. The van der Waals surface area contributed by atoms with Gasteiger partial charge in [0.25, 0.3) is 0 Å². The Balaban J connectivity index is 2.75. The minimum Gasteiger partial charge on any atom is -0.507 e. The zero-order valence-electron chi connectivity index (χ0n) is 19.9. The van der Waals surface area contributed by atoms with Crippen LogP contribution in [0.4, 0.5) is 0 Å². The normalized spacial score (nSPS) is 11.7. The van der Waals surface area contributed by atoms with Crippen LogP contribution in [0.3, 0.4) is 0 Å². The lowest BCUT2D eigenvalue weighted by Crippen LogP contribution is -2.18. The highest BCUT2D eigenvalue weighted by Gasteiger charge is 2.29. The lowest BCUT2D eigenvalue weighted by atomic mass is 9.82. The predicted octanol–water partition coefficient (Wildman–Crippen LogP) is 5.69. The van der Waals surface area contributed by atoms with Crippen molar-refractivity contribution in [2.75, 3.05) is 14.2 Å². The molecule has 0 saturated carbocycles. The molecule has 0 radical (unpaired) electrons. The molecule has 0 aliphatic rings. The number of methoxy groups -OCH3 is 2. The summed E-state index contributed by atoms with van der Waals surface area (Å²) in [5, 5.41) is 11.1. The third kappa shape index (κ3) is 5.40. The van der Waals surface area contributed by atoms with Crippen LogP contribution in [-0.4, -0.2) is 25.3 Å². The fourth-order valence-electron chi connectivity index (χ4n) is 3.58. The van der Waals surface area contributed by atoms with Crippen molar-refractivity contribution in [3.8, 4) is 23.0 Å². The molecular formula is C26H34O5. The number of benzene rings is 2. The Bertz CT molecular complexity index is 975. The Morgan fingerprint density at radius 3 is 2.13 bits per heavy atom. The van der Waals surface area contributed by atoms with Crippen molar-refractivity contribution in [3.63, 3.8) is 0 Å². The van der Waals surface area contributed by atoms with E-state index in [0.717, 1.165) is 22.8 Å². The first-order valence-corrected chi connectivity index (χ1v) is 10.3. The monoisotopic (exact) mass is 426 g/mol. The quantitative estimate of drug-likeness (QED) is 0.365. The number of aromatic hydroxyl groups is 1. The van der Waals surface area contributed by atoms with Gasteiger partial charge >= 0.3 is 5.97 Å². The van der Waals surface area contributed by atoms with E-state index < -0.39 is 5.97 Å². The maximum absolute atomic E-state index is 12.2. The number of carbonyl (C=O) groups excluding carboxylic acids is 1. The van der Waals surface area contributed by atoms with Gasteiger partial charge in [-0.1, -0.05) is 54.2 Å². The zero-order valence-corrected chi connectivity index (χ0v) is 19.9. The van der Waals surface area contributed by atoms with E-state index in [1.165, 1.54) is 0 Å². The average Bonchev–Trinajstić information content (AvgIpc) is 2.68. The lowest BCUT2D eigenvalue weighted by Gasteiger charge is -2.27. The molecule has 2 rings (SSSR count). The molecule has 5 nitrogen and oxygen atoms in total. The summed E-state index contributed by atoms with van der Waals surface area (Å²) in [6.45, 7) is 15.7. The molecule has 0 atom stereocenters. The van der Waals surface area contributed by atoms with Crippen molar-refractivity contribution < 1.29 is 24.1 Å². The van der Waals surface area contributed by atoms with Crippen LogP contribution < -0.4 is 14.2 Å². The van der Waals surface area contributed by atoms with Gasteiger partial charge in [0.15, 0.2) is 0 Å². The number of phenolic OH excluding ortho intramolecular Hbond substituents is 1. The smallest absolute Gasteiger partial charge is 0.335 e. The fraction of sp³-hybridized carbons (Fsp3) is 0.423. The van der Waals surface area contributed by atoms with Crippen LogP contribution in [0.25, 0.3) is 0 Å². The number of carbonyl (C=O) groups is 1. The second-order valence-electron chi connectivity index (χ2n) is 9.62. The van der Waals surface area contributed by atoms with E-state index in [1.54, 1.807) is 14.2 Å². The second-order valence-corrected chi connectivity index (χ2v) is 9.62. The molecule has 0 aliphatic heterocycles. The van der Waals surface area contributed by atoms with Crippen molar-refractivity contribution in [3.05, 3.63) is 59.2 Å². The molecule has 0 saturated heterocycles. The van der Waals surface area contributed by atoms with Crippen molar-refractivity contribution in [2.24, 2.45) is 0 Å². The summed E-state index contributed by atoms with van der Waals surface area (Å²) in [5.74, 6) is 1.38. The van der Waals surface area contributed by atoms with E-state index in [4.69, 9.17) is 14.2 Å². The minimum atomic E-state index is -0.551. The van der Waals surface area contributed by atoms with Crippen LogP contribution in [0.5, 0.6) is 23.0 Å². The van der Waals surface area contributed by atoms with Crippen LogP contribution in [0.1, 0.15) is 63.8 Å². The molecule has 0 aromatic heterocycles. The summed E-state index contributed by atoms with van der Waals surface area (Å²) >= 11 is 0. The van der Waals surface area contributed by atoms with Gasteiger partial charge in [-0.15, -0.1) is 0 Å². The fourth-order valence-corrected chi connectivity index (χ4v) is 3.58. The van der Waals surface area contributed by atoms with Gasteiger partial charge in [-0.3, -0.25) is 0 Å². The second kappa shape index (κ2) is 9.04. The molecule has 5 heteroatoms. The number of hydrogen-bond acceptors (Lipinski definition) is 5. The van der Waals surface area contributed by atoms with Crippen LogP contribution in [0, 0.1) is 0 Å². The Hall–Kier alpha value is -2.95. The van der Waals surface area contributed by atoms with E-state index in [2.05, 4.69) is 6.58 Å². The summed E-state index contributed by atoms with van der Waals surface area (Å²) in [7, 11) is 3.19. The van der Waals surface area contributed by atoms with Crippen molar-refractivity contribution >= 4 is 5.97 Å². The summed E-state index contributed by atoms with van der Waals surface area (Å²) in [6, 6.07) is 7.38. The molecule has 0 heterocycles. The molecule has 1 N–H and O–H groups in total. The number of esters is 1. The molecule has 0 amide bonds. The van der Waals surface area contributed by atoms with E-state index in [1.807, 2.05) is 65.8 Å². The molecule has 0 fully saturated rings. The molecule has 0 bridgehead atoms. The summed E-state index contributed by atoms with van der Waals surface area (Å²) in [6.07, 6.45) is 1.48. The Kier molecular flexibility index (Phi) is 7.10. The molecule has 2 aromatic rings. The summed E-state index contributed by atoms with van der Waals surface area (Å²) < 4.78 is 16.8. The first-order chi connectivity index (χ1) is 14.3. The van der Waals surface area contributed by atoms with E-state index in [0.29, 0.717) is 29.2 Å². The van der Waals surface area contributed by atoms with Gasteiger partial charge in [-0.2, -0.15) is 0 Å². The van der Waals surface area contributed by atoms with Gasteiger partial charge in [0.1, 0.15) is 23.0 Å². The van der Waals surface area contributed by atoms with Gasteiger partial charge in [0.05, 0.1) is 14.2 Å². The Morgan fingerprint density at radius 2 is 1.65 bits per heavy atom. The molecule has 31 heavy (non-hydrogen) atoms. The number of phenols is 1. The molecule has 168 valence electrons. The molecule has 2 aromatic carbocycles. The van der Waals surface area contributed by atoms with Gasteiger partial charge in [0, 0.05) is 34.8 Å².